The molecule has 1 aliphatic heterocycles. The first-order chi connectivity index (χ1) is 13.5. The van der Waals surface area contributed by atoms with Crippen LogP contribution in [-0.4, -0.2) is 5.78 Å². The molecule has 2 aliphatic rings. The fourth-order valence-electron chi connectivity index (χ4n) is 4.00. The van der Waals surface area contributed by atoms with E-state index in [4.69, 9.17) is 5.73 Å². The van der Waals surface area contributed by atoms with E-state index in [0.29, 0.717) is 35.5 Å². The summed E-state index contributed by atoms with van der Waals surface area (Å²) < 4.78 is 13.4. The minimum absolute atomic E-state index is 0.0602. The van der Waals surface area contributed by atoms with Crippen molar-refractivity contribution in [1.29, 1.82) is 5.26 Å². The highest BCUT2D eigenvalue weighted by atomic mass is 32.1. The van der Waals surface area contributed by atoms with Crippen molar-refractivity contribution in [3.05, 3.63) is 74.6 Å². The lowest BCUT2D eigenvalue weighted by Gasteiger charge is -2.39. The normalized spacial score (nSPS) is 19.7. The molecule has 1 atom stereocenters. The summed E-state index contributed by atoms with van der Waals surface area (Å²) in [6.45, 7) is 2.08. The molecule has 0 unspecified atom stereocenters. The van der Waals surface area contributed by atoms with Crippen molar-refractivity contribution in [3.8, 4) is 6.07 Å². The number of nitrogens with two attached hydrogens (primary N) is 1. The van der Waals surface area contributed by atoms with E-state index in [1.165, 1.54) is 17.0 Å². The largest absolute Gasteiger partial charge is 0.384 e. The number of halogens is 1. The van der Waals surface area contributed by atoms with Crippen molar-refractivity contribution < 1.29 is 9.18 Å². The molecule has 4 rings (SSSR count). The van der Waals surface area contributed by atoms with E-state index in [1.807, 2.05) is 12.1 Å². The number of allylic oxidation sites excluding steroid dienone is 3. The highest BCUT2D eigenvalue weighted by molar-refractivity contribution is 7.12. The monoisotopic (exact) mass is 393 g/mol. The van der Waals surface area contributed by atoms with Gasteiger partial charge in [0.25, 0.3) is 0 Å². The van der Waals surface area contributed by atoms with Gasteiger partial charge in [-0.15, -0.1) is 11.3 Å². The summed E-state index contributed by atoms with van der Waals surface area (Å²) in [5.74, 6) is -0.389. The number of aryl methyl sites for hydroxylation is 1. The molecule has 1 aliphatic carbocycles. The topological polar surface area (TPSA) is 70.1 Å². The Labute approximate surface area is 167 Å². The van der Waals surface area contributed by atoms with E-state index in [1.54, 1.807) is 28.4 Å². The molecule has 142 valence electrons. The number of carbonyl (C=O) groups excluding carboxylic acids is 1. The molecule has 4 nitrogen and oxygen atoms in total. The molecule has 2 aromatic rings. The number of hydrogen-bond donors (Lipinski definition) is 1. The summed E-state index contributed by atoms with van der Waals surface area (Å²) in [6, 6.07) is 12.3. The van der Waals surface area contributed by atoms with Crippen molar-refractivity contribution in [2.75, 3.05) is 4.90 Å². The quantitative estimate of drug-likeness (QED) is 0.817. The Morgan fingerprint density at radius 1 is 1.25 bits per heavy atom. The van der Waals surface area contributed by atoms with Crippen LogP contribution in [0.25, 0.3) is 0 Å². The minimum Gasteiger partial charge on any atom is -0.384 e. The molecule has 0 radical (unpaired) electrons. The number of benzene rings is 1. The van der Waals surface area contributed by atoms with Crippen molar-refractivity contribution in [1.82, 2.24) is 0 Å². The number of carbonyl (C=O) groups is 1. The molecule has 0 amide bonds. The molecule has 2 heterocycles. The number of rotatable bonds is 3. The van der Waals surface area contributed by atoms with Crippen molar-refractivity contribution >= 4 is 22.8 Å². The fourth-order valence-corrected chi connectivity index (χ4v) is 5.07. The predicted octanol–water partition coefficient (Wildman–Crippen LogP) is 4.75. The third kappa shape index (κ3) is 2.92. The zero-order valence-electron chi connectivity index (χ0n) is 15.5. The van der Waals surface area contributed by atoms with Crippen LogP contribution in [-0.2, 0) is 11.2 Å². The van der Waals surface area contributed by atoms with Crippen molar-refractivity contribution in [3.63, 3.8) is 0 Å². The van der Waals surface area contributed by atoms with Crippen LogP contribution in [0.3, 0.4) is 0 Å². The molecule has 0 bridgehead atoms. The number of nitrogens with zero attached hydrogens (tertiary/aromatic N) is 2. The Morgan fingerprint density at radius 2 is 2.00 bits per heavy atom. The Morgan fingerprint density at radius 3 is 2.64 bits per heavy atom. The first-order valence-corrected chi connectivity index (χ1v) is 10.2. The Hall–Kier alpha value is -2.91. The van der Waals surface area contributed by atoms with Crippen LogP contribution in [0.5, 0.6) is 0 Å². The summed E-state index contributed by atoms with van der Waals surface area (Å²) in [6.07, 6.45) is 2.81. The van der Waals surface area contributed by atoms with Gasteiger partial charge in [-0.25, -0.2) is 4.39 Å². The van der Waals surface area contributed by atoms with E-state index in [9.17, 15) is 14.4 Å². The van der Waals surface area contributed by atoms with Crippen LogP contribution in [0, 0.1) is 17.1 Å². The summed E-state index contributed by atoms with van der Waals surface area (Å²) >= 11 is 1.62. The summed E-state index contributed by atoms with van der Waals surface area (Å²) in [5.41, 5.74) is 9.00. The second-order valence-corrected chi connectivity index (χ2v) is 8.15. The van der Waals surface area contributed by atoms with Crippen LogP contribution in [0.2, 0.25) is 0 Å². The van der Waals surface area contributed by atoms with E-state index >= 15 is 0 Å². The number of Topliss-reactive ketones (excluding diaryl/α,β-unsaturated/α-hetero) is 1. The maximum atomic E-state index is 13.4. The number of thiophene rings is 1. The highest BCUT2D eigenvalue weighted by Gasteiger charge is 2.40. The lowest BCUT2D eigenvalue weighted by Crippen LogP contribution is -2.38. The van der Waals surface area contributed by atoms with Gasteiger partial charge in [0.15, 0.2) is 5.78 Å². The molecule has 2 N–H and O–H groups in total. The lowest BCUT2D eigenvalue weighted by molar-refractivity contribution is -0.116. The molecule has 0 saturated carbocycles. The van der Waals surface area contributed by atoms with Crippen molar-refractivity contribution in [2.45, 2.75) is 38.5 Å². The average Bonchev–Trinajstić information content (AvgIpc) is 3.17. The maximum absolute atomic E-state index is 13.4. The zero-order chi connectivity index (χ0) is 19.8. The first kappa shape index (κ1) is 18.5. The molecule has 1 aromatic carbocycles. The molecular weight excluding hydrogens is 373 g/mol. The van der Waals surface area contributed by atoms with E-state index in [0.717, 1.165) is 23.4 Å². The van der Waals surface area contributed by atoms with Gasteiger partial charge in [0, 0.05) is 33.1 Å². The summed E-state index contributed by atoms with van der Waals surface area (Å²) in [7, 11) is 0. The third-order valence-electron chi connectivity index (χ3n) is 5.31. The first-order valence-electron chi connectivity index (χ1n) is 9.35. The second-order valence-electron chi connectivity index (χ2n) is 6.95. The molecule has 6 heteroatoms. The van der Waals surface area contributed by atoms with Gasteiger partial charge in [-0.1, -0.05) is 6.92 Å². The van der Waals surface area contributed by atoms with Crippen LogP contribution < -0.4 is 10.6 Å². The van der Waals surface area contributed by atoms with Gasteiger partial charge >= 0.3 is 0 Å². The fraction of sp³-hybridized carbons (Fsp3) is 0.273. The van der Waals surface area contributed by atoms with Gasteiger partial charge in [0.1, 0.15) is 11.6 Å². The number of anilines is 1. The molecule has 1 aromatic heterocycles. The number of nitriles is 1. The van der Waals surface area contributed by atoms with Crippen LogP contribution >= 0.6 is 11.3 Å². The number of ketones is 1. The standard InChI is InChI=1S/C22H20FN3OS/c1-2-15-10-11-19(28-15)20-16(12-24)22(25)26(14-8-6-13(23)7-9-14)17-4-3-5-18(27)21(17)20/h6-11,20H,2-5,25H2,1H3/t20-/m1/s1. The maximum Gasteiger partial charge on any atom is 0.161 e. The van der Waals surface area contributed by atoms with Gasteiger partial charge in [-0.2, -0.15) is 5.26 Å². The van der Waals surface area contributed by atoms with Gasteiger partial charge in [-0.3, -0.25) is 9.69 Å². The lowest BCUT2D eigenvalue weighted by atomic mass is 9.78. The highest BCUT2D eigenvalue weighted by Crippen LogP contribution is 2.47. The van der Waals surface area contributed by atoms with Crippen LogP contribution in [0.15, 0.2) is 59.1 Å². The van der Waals surface area contributed by atoms with E-state index < -0.39 is 5.92 Å². The molecule has 28 heavy (non-hydrogen) atoms. The Balaban J connectivity index is 1.93. The van der Waals surface area contributed by atoms with Gasteiger partial charge in [-0.05, 0) is 55.7 Å². The summed E-state index contributed by atoms with van der Waals surface area (Å²) in [4.78, 5) is 16.9. The Kier molecular flexibility index (Phi) is 4.78. The minimum atomic E-state index is -0.421. The Bertz CT molecular complexity index is 1040. The van der Waals surface area contributed by atoms with E-state index in [2.05, 4.69) is 13.0 Å². The molecule has 0 saturated heterocycles. The van der Waals surface area contributed by atoms with Gasteiger partial charge in [0.2, 0.25) is 0 Å². The van der Waals surface area contributed by atoms with Crippen molar-refractivity contribution in [2.24, 2.45) is 5.73 Å². The van der Waals surface area contributed by atoms with E-state index in [-0.39, 0.29) is 11.6 Å². The SMILES string of the molecule is CCc1ccc([C@H]2C(C#N)=C(N)N(c3ccc(F)cc3)C3=C2C(=O)CCC3)s1. The van der Waals surface area contributed by atoms with Crippen LogP contribution in [0.4, 0.5) is 10.1 Å². The number of hydrogen-bond acceptors (Lipinski definition) is 5. The molecular formula is C22H20FN3OS. The smallest absolute Gasteiger partial charge is 0.161 e. The second kappa shape index (κ2) is 7.25. The third-order valence-corrected chi connectivity index (χ3v) is 6.61. The summed E-state index contributed by atoms with van der Waals surface area (Å²) in [5, 5.41) is 9.94. The van der Waals surface area contributed by atoms with Crippen LogP contribution in [0.1, 0.15) is 41.9 Å². The molecule has 0 spiro atoms. The predicted molar refractivity (Wildman–Crippen MR) is 108 cm³/mol. The molecule has 0 fully saturated rings. The van der Waals surface area contributed by atoms with Gasteiger partial charge < -0.3 is 5.73 Å². The van der Waals surface area contributed by atoms with Gasteiger partial charge in [0.05, 0.1) is 17.6 Å². The zero-order valence-corrected chi connectivity index (χ0v) is 16.4. The average molecular weight is 393 g/mol.